The Morgan fingerprint density at radius 1 is 1.26 bits per heavy atom. The number of carbonyl (C=O) groups is 2. The second kappa shape index (κ2) is 5.65. The molecular formula is C22H28O5. The van der Waals surface area contributed by atoms with Crippen molar-refractivity contribution in [3.05, 3.63) is 35.6 Å². The lowest BCUT2D eigenvalue weighted by atomic mass is 9.46. The van der Waals surface area contributed by atoms with Gasteiger partial charge in [0.1, 0.15) is 12.4 Å². The molecule has 0 aromatic carbocycles. The Kier molecular flexibility index (Phi) is 3.90. The van der Waals surface area contributed by atoms with E-state index in [1.54, 1.807) is 6.08 Å². The van der Waals surface area contributed by atoms with Gasteiger partial charge >= 0.3 is 0 Å². The molecule has 0 bridgehead atoms. The van der Waals surface area contributed by atoms with E-state index in [1.807, 2.05) is 13.8 Å². The Hall–Kier alpha value is -1.72. The number of allylic oxidation sites excluding steroid dienone is 3. The van der Waals surface area contributed by atoms with Gasteiger partial charge in [0, 0.05) is 16.9 Å². The Balaban J connectivity index is 1.76. The van der Waals surface area contributed by atoms with Crippen LogP contribution in [0, 0.1) is 28.6 Å². The van der Waals surface area contributed by atoms with Crippen LogP contribution in [0.2, 0.25) is 0 Å². The molecule has 0 heterocycles. The molecule has 27 heavy (non-hydrogen) atoms. The molecule has 0 radical (unpaired) electrons. The first kappa shape index (κ1) is 18.6. The molecule has 3 N–H and O–H groups in total. The third-order valence-corrected chi connectivity index (χ3v) is 8.46. The normalized spacial score (nSPS) is 46.1. The molecular weight excluding hydrogens is 344 g/mol. The van der Waals surface area contributed by atoms with Gasteiger partial charge in [0.25, 0.3) is 0 Å². The summed E-state index contributed by atoms with van der Waals surface area (Å²) in [6.45, 7) is 7.29. The summed E-state index contributed by atoms with van der Waals surface area (Å²) in [5, 5.41) is 31.5. The van der Waals surface area contributed by atoms with Crippen molar-refractivity contribution in [1.29, 1.82) is 0 Å². The number of fused-ring (bicyclic) bond motifs is 5. The molecule has 5 nitrogen and oxygen atoms in total. The number of aliphatic hydroxyl groups excluding tert-OH is 2. The van der Waals surface area contributed by atoms with Crippen LogP contribution in [0.4, 0.5) is 0 Å². The number of Topliss-reactive ketones (excluding diaryl/α,β-unsaturated/α-hetero) is 1. The van der Waals surface area contributed by atoms with E-state index in [2.05, 4.69) is 6.58 Å². The minimum atomic E-state index is -1.69. The van der Waals surface area contributed by atoms with Crippen LogP contribution in [-0.4, -0.2) is 39.1 Å². The SMILES string of the molecule is C=C1C[C@H]2[C@@H]3CCC4=CC(=O)C=C(O)[C@]4(C)[C@H]3CC[C@]2(C)[C@@]1(O)C(=O)CO. The van der Waals surface area contributed by atoms with E-state index >= 15 is 0 Å². The van der Waals surface area contributed by atoms with Crippen molar-refractivity contribution in [3.63, 3.8) is 0 Å². The van der Waals surface area contributed by atoms with E-state index < -0.39 is 28.8 Å². The Morgan fingerprint density at radius 3 is 2.63 bits per heavy atom. The number of hydrogen-bond acceptors (Lipinski definition) is 5. The summed E-state index contributed by atoms with van der Waals surface area (Å²) < 4.78 is 0. The smallest absolute Gasteiger partial charge is 0.194 e. The number of ketones is 2. The summed E-state index contributed by atoms with van der Waals surface area (Å²) >= 11 is 0. The Morgan fingerprint density at radius 2 is 1.96 bits per heavy atom. The Labute approximate surface area is 159 Å². The molecule has 146 valence electrons. The predicted molar refractivity (Wildman–Crippen MR) is 99.8 cm³/mol. The van der Waals surface area contributed by atoms with Crippen molar-refractivity contribution < 1.29 is 24.9 Å². The topological polar surface area (TPSA) is 94.8 Å². The highest BCUT2D eigenvalue weighted by Crippen LogP contribution is 2.68. The maximum Gasteiger partial charge on any atom is 0.194 e. The first-order valence-electron chi connectivity index (χ1n) is 9.81. The zero-order valence-electron chi connectivity index (χ0n) is 16.0. The molecule has 0 aliphatic heterocycles. The molecule has 0 spiro atoms. The number of hydrogen-bond donors (Lipinski definition) is 3. The van der Waals surface area contributed by atoms with Crippen molar-refractivity contribution in [1.82, 2.24) is 0 Å². The molecule has 4 aliphatic carbocycles. The molecule has 0 unspecified atom stereocenters. The fourth-order valence-corrected chi connectivity index (χ4v) is 6.89. The zero-order chi connectivity index (χ0) is 19.8. The molecule has 4 rings (SSSR count). The zero-order valence-corrected chi connectivity index (χ0v) is 16.0. The first-order valence-corrected chi connectivity index (χ1v) is 9.81. The van der Waals surface area contributed by atoms with E-state index in [0.717, 1.165) is 24.8 Å². The van der Waals surface area contributed by atoms with Gasteiger partial charge in [-0.05, 0) is 68.4 Å². The fraction of sp³-hybridized carbons (Fsp3) is 0.636. The molecule has 5 heteroatoms. The largest absolute Gasteiger partial charge is 0.511 e. The molecule has 0 saturated heterocycles. The summed E-state index contributed by atoms with van der Waals surface area (Å²) in [6, 6.07) is 0. The lowest BCUT2D eigenvalue weighted by Crippen LogP contribution is -2.58. The monoisotopic (exact) mass is 372 g/mol. The summed E-state index contributed by atoms with van der Waals surface area (Å²) in [4.78, 5) is 24.4. The van der Waals surface area contributed by atoms with Crippen molar-refractivity contribution in [2.24, 2.45) is 28.6 Å². The molecule has 3 fully saturated rings. The van der Waals surface area contributed by atoms with E-state index in [-0.39, 0.29) is 29.3 Å². The van der Waals surface area contributed by atoms with Crippen LogP contribution >= 0.6 is 0 Å². The maximum absolute atomic E-state index is 12.5. The maximum atomic E-state index is 12.5. The van der Waals surface area contributed by atoms with Gasteiger partial charge in [0.2, 0.25) is 0 Å². The van der Waals surface area contributed by atoms with Gasteiger partial charge in [0.15, 0.2) is 17.2 Å². The van der Waals surface area contributed by atoms with Crippen LogP contribution in [0.3, 0.4) is 0 Å². The van der Waals surface area contributed by atoms with Crippen LogP contribution in [0.5, 0.6) is 0 Å². The summed E-state index contributed by atoms with van der Waals surface area (Å²) in [5.74, 6) is -0.151. The van der Waals surface area contributed by atoms with Gasteiger partial charge in [-0.15, -0.1) is 0 Å². The minimum Gasteiger partial charge on any atom is -0.511 e. The second-order valence-electron chi connectivity index (χ2n) is 9.27. The molecule has 6 atom stereocenters. The molecule has 0 aromatic rings. The summed E-state index contributed by atoms with van der Waals surface area (Å²) in [6.07, 6.45) is 6.51. The van der Waals surface area contributed by atoms with Crippen molar-refractivity contribution >= 4 is 11.6 Å². The average Bonchev–Trinajstić information content (AvgIpc) is 2.83. The summed E-state index contributed by atoms with van der Waals surface area (Å²) in [5.41, 5.74) is -1.40. The second-order valence-corrected chi connectivity index (χ2v) is 9.27. The number of aliphatic hydroxyl groups is 3. The highest BCUT2D eigenvalue weighted by Gasteiger charge is 2.68. The molecule has 0 amide bonds. The molecule has 3 saturated carbocycles. The third kappa shape index (κ3) is 2.07. The highest BCUT2D eigenvalue weighted by atomic mass is 16.3. The van der Waals surface area contributed by atoms with Crippen molar-refractivity contribution in [2.45, 2.75) is 51.6 Å². The first-order chi connectivity index (χ1) is 12.6. The molecule has 0 aromatic heterocycles. The summed E-state index contributed by atoms with van der Waals surface area (Å²) in [7, 11) is 0. The highest BCUT2D eigenvalue weighted by molar-refractivity contribution is 6.01. The fourth-order valence-electron chi connectivity index (χ4n) is 6.89. The van der Waals surface area contributed by atoms with Gasteiger partial charge in [-0.25, -0.2) is 0 Å². The standard InChI is InChI=1S/C22H28O5/c1-12-8-17-15-5-4-13-9-14(24)10-18(25)21(13,3)16(15)6-7-20(17,2)22(12,27)19(26)11-23/h9-10,15-17,23,25,27H,1,4-8,11H2,2-3H3/t15-,16+,17+,20+,21+,22+/m1/s1. The van der Waals surface area contributed by atoms with Gasteiger partial charge in [-0.3, -0.25) is 9.59 Å². The van der Waals surface area contributed by atoms with Crippen molar-refractivity contribution in [3.8, 4) is 0 Å². The van der Waals surface area contributed by atoms with E-state index in [0.29, 0.717) is 18.4 Å². The third-order valence-electron chi connectivity index (χ3n) is 8.46. The quantitative estimate of drug-likeness (QED) is 0.648. The minimum absolute atomic E-state index is 0.0630. The van der Waals surface area contributed by atoms with E-state index in [9.17, 15) is 24.9 Å². The van der Waals surface area contributed by atoms with Gasteiger partial charge in [0.05, 0.1) is 0 Å². The van der Waals surface area contributed by atoms with Crippen LogP contribution in [0.25, 0.3) is 0 Å². The molecule has 4 aliphatic rings. The van der Waals surface area contributed by atoms with E-state index in [4.69, 9.17) is 0 Å². The van der Waals surface area contributed by atoms with Gasteiger partial charge in [-0.2, -0.15) is 0 Å². The number of carbonyl (C=O) groups excluding carboxylic acids is 2. The van der Waals surface area contributed by atoms with Gasteiger partial charge in [-0.1, -0.05) is 19.1 Å². The lowest BCUT2D eigenvalue weighted by Gasteiger charge is -2.58. The van der Waals surface area contributed by atoms with Gasteiger partial charge < -0.3 is 15.3 Å². The lowest BCUT2D eigenvalue weighted by molar-refractivity contribution is -0.158. The van der Waals surface area contributed by atoms with Crippen LogP contribution < -0.4 is 0 Å². The van der Waals surface area contributed by atoms with Crippen LogP contribution in [0.15, 0.2) is 35.6 Å². The average molecular weight is 372 g/mol. The van der Waals surface area contributed by atoms with Crippen LogP contribution in [-0.2, 0) is 9.59 Å². The number of rotatable bonds is 2. The Bertz CT molecular complexity index is 808. The van der Waals surface area contributed by atoms with Crippen LogP contribution in [0.1, 0.15) is 46.0 Å². The van der Waals surface area contributed by atoms with E-state index in [1.165, 1.54) is 6.08 Å². The van der Waals surface area contributed by atoms with Crippen molar-refractivity contribution in [2.75, 3.05) is 6.61 Å². The predicted octanol–water partition coefficient (Wildman–Crippen LogP) is 2.64.